The molecule has 1 aromatic carbocycles. The highest BCUT2D eigenvalue weighted by Crippen LogP contribution is 2.27. The predicted molar refractivity (Wildman–Crippen MR) is 91.7 cm³/mol. The summed E-state index contributed by atoms with van der Waals surface area (Å²) >= 11 is 0. The van der Waals surface area contributed by atoms with Crippen molar-refractivity contribution < 1.29 is 4.92 Å². The number of aromatic nitrogens is 2. The van der Waals surface area contributed by atoms with Gasteiger partial charge in [-0.1, -0.05) is 31.2 Å². The van der Waals surface area contributed by atoms with Crippen LogP contribution in [0.4, 0.5) is 5.82 Å². The van der Waals surface area contributed by atoms with Gasteiger partial charge < -0.3 is 20.0 Å². The number of rotatable bonds is 5. The summed E-state index contributed by atoms with van der Waals surface area (Å²) in [5.41, 5.74) is 3.21. The number of piperazine rings is 1. The van der Waals surface area contributed by atoms with Crippen LogP contribution in [0.25, 0.3) is 0 Å². The SMILES string of the molecule is CCc1ccc(C2CNCCN2Cc2c([N+](=O)[O-])ncn2C)cc1. The molecule has 0 bridgehead atoms. The summed E-state index contributed by atoms with van der Waals surface area (Å²) in [5.74, 6) is -0.0453. The highest BCUT2D eigenvalue weighted by molar-refractivity contribution is 5.29. The fourth-order valence-corrected chi connectivity index (χ4v) is 3.21. The van der Waals surface area contributed by atoms with Gasteiger partial charge in [0, 0.05) is 39.3 Å². The molecule has 7 nitrogen and oxygen atoms in total. The van der Waals surface area contributed by atoms with Crippen LogP contribution in [0.1, 0.15) is 29.8 Å². The van der Waals surface area contributed by atoms with Crippen LogP contribution in [0.5, 0.6) is 0 Å². The molecule has 0 aliphatic carbocycles. The molecule has 1 N–H and O–H groups in total. The van der Waals surface area contributed by atoms with Crippen molar-refractivity contribution in [2.45, 2.75) is 25.9 Å². The number of nitro groups is 1. The topological polar surface area (TPSA) is 76.2 Å². The molecule has 1 aliphatic rings. The monoisotopic (exact) mass is 329 g/mol. The highest BCUT2D eigenvalue weighted by atomic mass is 16.6. The summed E-state index contributed by atoms with van der Waals surface area (Å²) in [5, 5.41) is 14.6. The Morgan fingerprint density at radius 3 is 2.79 bits per heavy atom. The van der Waals surface area contributed by atoms with Crippen molar-refractivity contribution in [2.24, 2.45) is 7.05 Å². The number of hydrogen-bond acceptors (Lipinski definition) is 5. The van der Waals surface area contributed by atoms with Gasteiger partial charge in [-0.15, -0.1) is 0 Å². The van der Waals surface area contributed by atoms with Gasteiger partial charge in [-0.25, -0.2) is 0 Å². The third-order valence-electron chi connectivity index (χ3n) is 4.69. The van der Waals surface area contributed by atoms with E-state index in [1.54, 1.807) is 4.57 Å². The van der Waals surface area contributed by atoms with Crippen LogP contribution in [-0.4, -0.2) is 39.0 Å². The fraction of sp³-hybridized carbons (Fsp3) is 0.471. The van der Waals surface area contributed by atoms with Crippen molar-refractivity contribution in [3.05, 3.63) is 57.5 Å². The maximum atomic E-state index is 11.2. The molecule has 1 fully saturated rings. The van der Waals surface area contributed by atoms with E-state index in [9.17, 15) is 10.1 Å². The van der Waals surface area contributed by atoms with Crippen LogP contribution in [-0.2, 0) is 20.0 Å². The lowest BCUT2D eigenvalue weighted by molar-refractivity contribution is -0.390. The maximum Gasteiger partial charge on any atom is 0.386 e. The lowest BCUT2D eigenvalue weighted by Crippen LogP contribution is -2.45. The first-order valence-corrected chi connectivity index (χ1v) is 8.28. The Morgan fingerprint density at radius 1 is 1.38 bits per heavy atom. The molecule has 0 saturated carbocycles. The summed E-state index contributed by atoms with van der Waals surface area (Å²) in [7, 11) is 1.81. The molecule has 1 saturated heterocycles. The Balaban J connectivity index is 1.84. The number of nitrogens with zero attached hydrogens (tertiary/aromatic N) is 4. The molecule has 3 rings (SSSR count). The van der Waals surface area contributed by atoms with E-state index >= 15 is 0 Å². The first-order valence-electron chi connectivity index (χ1n) is 8.28. The fourth-order valence-electron chi connectivity index (χ4n) is 3.21. The van der Waals surface area contributed by atoms with Crippen LogP contribution >= 0.6 is 0 Å². The van der Waals surface area contributed by atoms with Crippen LogP contribution in [0.15, 0.2) is 30.6 Å². The number of nitrogens with one attached hydrogen (secondary N) is 1. The quantitative estimate of drug-likeness (QED) is 0.671. The minimum absolute atomic E-state index is 0.0453. The molecule has 2 heterocycles. The number of hydrogen-bond donors (Lipinski definition) is 1. The second-order valence-corrected chi connectivity index (χ2v) is 6.17. The Kier molecular flexibility index (Phi) is 4.92. The lowest BCUT2D eigenvalue weighted by Gasteiger charge is -2.36. The molecule has 1 unspecified atom stereocenters. The van der Waals surface area contributed by atoms with E-state index in [2.05, 4.69) is 46.4 Å². The maximum absolute atomic E-state index is 11.2. The summed E-state index contributed by atoms with van der Waals surface area (Å²) in [6.45, 7) is 5.24. The molecule has 1 aromatic heterocycles. The molecule has 1 atom stereocenters. The highest BCUT2D eigenvalue weighted by Gasteiger charge is 2.28. The molecule has 7 heteroatoms. The zero-order valence-corrected chi connectivity index (χ0v) is 14.1. The lowest BCUT2D eigenvalue weighted by atomic mass is 10.0. The summed E-state index contributed by atoms with van der Waals surface area (Å²) in [6, 6.07) is 8.87. The normalized spacial score (nSPS) is 18.7. The zero-order valence-electron chi connectivity index (χ0n) is 14.1. The van der Waals surface area contributed by atoms with Gasteiger partial charge in [0.15, 0.2) is 0 Å². The Morgan fingerprint density at radius 2 is 2.12 bits per heavy atom. The number of imidazole rings is 1. The molecule has 0 radical (unpaired) electrons. The molecule has 24 heavy (non-hydrogen) atoms. The third-order valence-corrected chi connectivity index (χ3v) is 4.69. The van der Waals surface area contributed by atoms with E-state index in [4.69, 9.17) is 0 Å². The Hall–Kier alpha value is -2.25. The molecular weight excluding hydrogens is 306 g/mol. The van der Waals surface area contributed by atoms with Crippen molar-refractivity contribution >= 4 is 5.82 Å². The van der Waals surface area contributed by atoms with Gasteiger partial charge in [-0.05, 0) is 27.5 Å². The van der Waals surface area contributed by atoms with Gasteiger partial charge in [0.1, 0.15) is 5.69 Å². The first kappa shape index (κ1) is 16.6. The summed E-state index contributed by atoms with van der Waals surface area (Å²) in [6.07, 6.45) is 2.54. The van der Waals surface area contributed by atoms with Crippen molar-refractivity contribution in [1.29, 1.82) is 0 Å². The summed E-state index contributed by atoms with van der Waals surface area (Å²) in [4.78, 5) is 17.0. The standard InChI is InChI=1S/C17H23N5O2/c1-3-13-4-6-14(7-5-13)15-10-18-8-9-21(15)11-16-17(22(23)24)19-12-20(16)2/h4-7,12,15,18H,3,8-11H2,1-2H3. The molecule has 128 valence electrons. The largest absolute Gasteiger partial charge is 0.386 e. The average molecular weight is 329 g/mol. The minimum atomic E-state index is -0.400. The molecule has 0 amide bonds. The van der Waals surface area contributed by atoms with E-state index in [0.717, 1.165) is 26.1 Å². The molecule has 2 aromatic rings. The zero-order chi connectivity index (χ0) is 17.1. The first-order chi connectivity index (χ1) is 11.6. The van der Waals surface area contributed by atoms with Crippen LogP contribution in [0.3, 0.4) is 0 Å². The molecule has 0 spiro atoms. The molecular formula is C17H23N5O2. The van der Waals surface area contributed by atoms with Gasteiger partial charge in [-0.2, -0.15) is 0 Å². The van der Waals surface area contributed by atoms with Crippen LogP contribution in [0, 0.1) is 10.1 Å². The van der Waals surface area contributed by atoms with Gasteiger partial charge in [0.2, 0.25) is 6.33 Å². The van der Waals surface area contributed by atoms with Gasteiger partial charge >= 0.3 is 5.82 Å². The number of aryl methyl sites for hydroxylation is 2. The van der Waals surface area contributed by atoms with Crippen LogP contribution in [0.2, 0.25) is 0 Å². The Bertz CT molecular complexity index is 710. The summed E-state index contributed by atoms with van der Waals surface area (Å²) < 4.78 is 1.75. The van der Waals surface area contributed by atoms with Crippen molar-refractivity contribution in [3.63, 3.8) is 0 Å². The van der Waals surface area contributed by atoms with E-state index in [1.807, 2.05) is 7.05 Å². The third kappa shape index (κ3) is 3.32. The van der Waals surface area contributed by atoms with Crippen molar-refractivity contribution in [1.82, 2.24) is 19.8 Å². The smallest absolute Gasteiger partial charge is 0.358 e. The number of benzene rings is 1. The van der Waals surface area contributed by atoms with Crippen molar-refractivity contribution in [3.8, 4) is 0 Å². The minimum Gasteiger partial charge on any atom is -0.358 e. The van der Waals surface area contributed by atoms with Crippen molar-refractivity contribution in [2.75, 3.05) is 19.6 Å². The predicted octanol–water partition coefficient (Wildman–Crippen LogP) is 2.04. The second kappa shape index (κ2) is 7.11. The van der Waals surface area contributed by atoms with Gasteiger partial charge in [-0.3, -0.25) is 4.90 Å². The van der Waals surface area contributed by atoms with E-state index in [1.165, 1.54) is 17.5 Å². The van der Waals surface area contributed by atoms with E-state index < -0.39 is 4.92 Å². The van der Waals surface area contributed by atoms with E-state index in [-0.39, 0.29) is 11.9 Å². The second-order valence-electron chi connectivity index (χ2n) is 6.17. The average Bonchev–Trinajstić information content (AvgIpc) is 2.96. The molecule has 1 aliphatic heterocycles. The Labute approximate surface area is 141 Å². The van der Waals surface area contributed by atoms with Gasteiger partial charge in [0.25, 0.3) is 0 Å². The van der Waals surface area contributed by atoms with E-state index in [0.29, 0.717) is 12.2 Å². The van der Waals surface area contributed by atoms with Gasteiger partial charge in [0.05, 0.1) is 0 Å². The van der Waals surface area contributed by atoms with Crippen LogP contribution < -0.4 is 5.32 Å².